The van der Waals surface area contributed by atoms with Crippen LogP contribution >= 0.6 is 0 Å². The quantitative estimate of drug-likeness (QED) is 0.114. The highest BCUT2D eigenvalue weighted by Gasteiger charge is 2.22. The first-order chi connectivity index (χ1) is 14.4. The number of likely N-dealkylation sites (N-methyl/N-ethyl adjacent to an activating group) is 2. The van der Waals surface area contributed by atoms with Crippen molar-refractivity contribution in [2.24, 2.45) is 0 Å². The van der Waals surface area contributed by atoms with Gasteiger partial charge >= 0.3 is 5.97 Å². The van der Waals surface area contributed by atoms with E-state index >= 15 is 0 Å². The van der Waals surface area contributed by atoms with Crippen LogP contribution in [0.3, 0.4) is 0 Å². The lowest BCUT2D eigenvalue weighted by Crippen LogP contribution is -2.49. The molecule has 5 heteroatoms. The molecule has 0 aromatic carbocycles. The smallest absolute Gasteiger partial charge is 0.361 e. The Morgan fingerprint density at radius 1 is 0.867 bits per heavy atom. The third-order valence-corrected chi connectivity index (χ3v) is 5.66. The van der Waals surface area contributed by atoms with Gasteiger partial charge in [-0.05, 0) is 19.4 Å². The van der Waals surface area contributed by atoms with Crippen LogP contribution < -0.4 is 0 Å². The zero-order valence-corrected chi connectivity index (χ0v) is 20.4. The summed E-state index contributed by atoms with van der Waals surface area (Å²) in [6, 6.07) is 0. The molecule has 0 spiro atoms. The van der Waals surface area contributed by atoms with Crippen molar-refractivity contribution < 1.29 is 18.8 Å². The number of hydrogen-bond donors (Lipinski definition) is 0. The fourth-order valence-electron chi connectivity index (χ4n) is 3.55. The number of carbonyl (C=O) groups is 2. The molecule has 1 amide bonds. The normalized spacial score (nSPS) is 11.3. The lowest BCUT2D eigenvalue weighted by atomic mass is 10.1. The van der Waals surface area contributed by atoms with Crippen LogP contribution in [0.15, 0.2) is 12.7 Å². The van der Waals surface area contributed by atoms with E-state index in [0.29, 0.717) is 37.3 Å². The summed E-state index contributed by atoms with van der Waals surface area (Å²) < 4.78 is 5.93. The van der Waals surface area contributed by atoms with Crippen LogP contribution in [0, 0.1) is 0 Å². The van der Waals surface area contributed by atoms with E-state index in [4.69, 9.17) is 4.74 Å². The van der Waals surface area contributed by atoms with E-state index in [9.17, 15) is 9.59 Å². The molecule has 0 atom stereocenters. The maximum Gasteiger partial charge on any atom is 0.361 e. The number of ether oxygens (including phenoxy) is 1. The molecule has 0 aromatic rings. The number of carbonyl (C=O) groups excluding carboxylic acids is 2. The summed E-state index contributed by atoms with van der Waals surface area (Å²) in [7, 11) is 3.99. The number of rotatable bonds is 20. The summed E-state index contributed by atoms with van der Waals surface area (Å²) in [5.41, 5.74) is 0. The summed E-state index contributed by atoms with van der Waals surface area (Å²) in [6.07, 6.45) is 16.9. The molecule has 0 fully saturated rings. The number of esters is 1. The SMILES string of the molecule is C=CC(=O)N(CC)CC[N+](C)(C)CC(=O)OCCCCCCCCCCCCCC. The monoisotopic (exact) mass is 425 g/mol. The minimum atomic E-state index is -0.152. The van der Waals surface area contributed by atoms with Crippen molar-refractivity contribution in [2.45, 2.75) is 90.9 Å². The maximum absolute atomic E-state index is 12.1. The fraction of sp³-hybridized carbons (Fsp3) is 0.840. The van der Waals surface area contributed by atoms with Crippen molar-refractivity contribution in [2.75, 3.05) is 46.9 Å². The Kier molecular flexibility index (Phi) is 17.6. The van der Waals surface area contributed by atoms with Crippen LogP contribution in [0.4, 0.5) is 0 Å². The third kappa shape index (κ3) is 16.4. The molecule has 0 saturated carbocycles. The van der Waals surface area contributed by atoms with Crippen molar-refractivity contribution in [3.05, 3.63) is 12.7 Å². The Labute approximate surface area is 186 Å². The summed E-state index contributed by atoms with van der Waals surface area (Å²) in [5.74, 6) is -0.215. The van der Waals surface area contributed by atoms with Crippen molar-refractivity contribution in [1.82, 2.24) is 4.90 Å². The topological polar surface area (TPSA) is 46.6 Å². The van der Waals surface area contributed by atoms with Gasteiger partial charge in [0, 0.05) is 6.54 Å². The molecule has 0 radical (unpaired) electrons. The van der Waals surface area contributed by atoms with Crippen LogP contribution in [-0.4, -0.2) is 68.1 Å². The number of unbranched alkanes of at least 4 members (excludes halogenated alkanes) is 11. The number of amides is 1. The first-order valence-corrected chi connectivity index (χ1v) is 12.2. The Balaban J connectivity index is 3.67. The predicted molar refractivity (Wildman–Crippen MR) is 126 cm³/mol. The van der Waals surface area contributed by atoms with Crippen LogP contribution in [0.25, 0.3) is 0 Å². The molecule has 5 nitrogen and oxygen atoms in total. The summed E-state index contributed by atoms with van der Waals surface area (Å²) >= 11 is 0. The molecular weight excluding hydrogens is 376 g/mol. The zero-order valence-electron chi connectivity index (χ0n) is 20.4. The second-order valence-electron chi connectivity index (χ2n) is 9.05. The Bertz CT molecular complexity index is 463. The molecule has 176 valence electrons. The summed E-state index contributed by atoms with van der Waals surface area (Å²) in [6.45, 7) is 10.6. The van der Waals surface area contributed by atoms with Gasteiger partial charge in [0.1, 0.15) is 0 Å². The van der Waals surface area contributed by atoms with Crippen molar-refractivity contribution >= 4 is 11.9 Å². The van der Waals surface area contributed by atoms with Gasteiger partial charge in [0.15, 0.2) is 6.54 Å². The molecule has 30 heavy (non-hydrogen) atoms. The molecule has 0 saturated heterocycles. The molecule has 0 heterocycles. The Hall–Kier alpha value is -1.36. The largest absolute Gasteiger partial charge is 0.462 e. The molecule has 0 N–H and O–H groups in total. The van der Waals surface area contributed by atoms with Gasteiger partial charge in [-0.15, -0.1) is 0 Å². The van der Waals surface area contributed by atoms with Crippen LogP contribution in [0.2, 0.25) is 0 Å². The van der Waals surface area contributed by atoms with Gasteiger partial charge in [-0.3, -0.25) is 4.79 Å². The average Bonchev–Trinajstić information content (AvgIpc) is 2.71. The van der Waals surface area contributed by atoms with Crippen LogP contribution in [0.5, 0.6) is 0 Å². The summed E-state index contributed by atoms with van der Waals surface area (Å²) in [4.78, 5) is 25.6. The fourth-order valence-corrected chi connectivity index (χ4v) is 3.55. The average molecular weight is 426 g/mol. The Morgan fingerprint density at radius 3 is 1.83 bits per heavy atom. The van der Waals surface area contributed by atoms with Crippen molar-refractivity contribution in [3.63, 3.8) is 0 Å². The lowest BCUT2D eigenvalue weighted by molar-refractivity contribution is -0.882. The maximum atomic E-state index is 12.1. The van der Waals surface area contributed by atoms with Gasteiger partial charge < -0.3 is 14.1 Å². The molecule has 0 unspecified atom stereocenters. The molecule has 0 aromatic heterocycles. The van der Waals surface area contributed by atoms with Crippen LogP contribution in [0.1, 0.15) is 90.9 Å². The zero-order chi connectivity index (χ0) is 22.7. The predicted octanol–water partition coefficient (Wildman–Crippen LogP) is 5.34. The van der Waals surface area contributed by atoms with Gasteiger partial charge in [0.2, 0.25) is 5.91 Å². The highest BCUT2D eigenvalue weighted by atomic mass is 16.5. The van der Waals surface area contributed by atoms with E-state index in [1.165, 1.54) is 70.3 Å². The van der Waals surface area contributed by atoms with E-state index in [-0.39, 0.29) is 11.9 Å². The van der Waals surface area contributed by atoms with Gasteiger partial charge in [-0.25, -0.2) is 4.79 Å². The third-order valence-electron chi connectivity index (χ3n) is 5.66. The minimum absolute atomic E-state index is 0.0629. The molecule has 0 aliphatic heterocycles. The Morgan fingerprint density at radius 2 is 1.37 bits per heavy atom. The molecule has 0 aliphatic carbocycles. The van der Waals surface area contributed by atoms with Crippen LogP contribution in [-0.2, 0) is 14.3 Å². The molecule has 0 bridgehead atoms. The molecule has 0 aliphatic rings. The van der Waals surface area contributed by atoms with E-state index in [1.54, 1.807) is 4.90 Å². The van der Waals surface area contributed by atoms with E-state index in [2.05, 4.69) is 13.5 Å². The van der Waals surface area contributed by atoms with E-state index in [1.807, 2.05) is 21.0 Å². The summed E-state index contributed by atoms with van der Waals surface area (Å²) in [5, 5.41) is 0. The second-order valence-corrected chi connectivity index (χ2v) is 9.05. The number of hydrogen-bond acceptors (Lipinski definition) is 3. The van der Waals surface area contributed by atoms with E-state index in [0.717, 1.165) is 12.8 Å². The van der Waals surface area contributed by atoms with Gasteiger partial charge in [0.05, 0.1) is 33.8 Å². The lowest BCUT2D eigenvalue weighted by Gasteiger charge is -2.31. The first-order valence-electron chi connectivity index (χ1n) is 12.2. The first kappa shape index (κ1) is 28.6. The highest BCUT2D eigenvalue weighted by Crippen LogP contribution is 2.12. The number of nitrogens with zero attached hydrogens (tertiary/aromatic N) is 2. The number of quaternary nitrogens is 1. The molecule has 0 rings (SSSR count). The minimum Gasteiger partial charge on any atom is -0.462 e. The van der Waals surface area contributed by atoms with E-state index < -0.39 is 0 Å². The van der Waals surface area contributed by atoms with Gasteiger partial charge in [0.25, 0.3) is 0 Å². The van der Waals surface area contributed by atoms with Crippen molar-refractivity contribution in [1.29, 1.82) is 0 Å². The van der Waals surface area contributed by atoms with Gasteiger partial charge in [-0.1, -0.05) is 84.1 Å². The second kappa shape index (κ2) is 18.4. The van der Waals surface area contributed by atoms with Crippen molar-refractivity contribution in [3.8, 4) is 0 Å². The van der Waals surface area contributed by atoms with Gasteiger partial charge in [-0.2, -0.15) is 0 Å². The molecular formula is C25H49N2O3+. The highest BCUT2D eigenvalue weighted by molar-refractivity contribution is 5.86. The standard InChI is InChI=1S/C25H49N2O3/c1-6-9-10-11-12-13-14-15-16-17-18-19-22-30-25(29)23-27(4,5)21-20-26(8-3)24(28)7-2/h7H,2,6,8-23H2,1,3-5H3/q+1.